The highest BCUT2D eigenvalue weighted by Crippen LogP contribution is 2.20. The maximum atomic E-state index is 11.2. The van der Waals surface area contributed by atoms with Crippen LogP contribution in [0.4, 0.5) is 5.69 Å². The number of nitrogens with one attached hydrogen (secondary N) is 1. The summed E-state index contributed by atoms with van der Waals surface area (Å²) in [6, 6.07) is 13.5. The van der Waals surface area contributed by atoms with E-state index in [1.807, 2.05) is 0 Å². The van der Waals surface area contributed by atoms with Gasteiger partial charge in [-0.3, -0.25) is 0 Å². The molecule has 0 spiro atoms. The molecule has 0 heterocycles. The van der Waals surface area contributed by atoms with Crippen molar-refractivity contribution >= 4 is 27.3 Å². The SMILES string of the molecule is N#Cc1ccc(Cl)cc1NCCc1ccc(S(N)(=O)=O)cc1. The van der Waals surface area contributed by atoms with Gasteiger partial charge in [0.25, 0.3) is 0 Å². The van der Waals surface area contributed by atoms with Crippen LogP contribution in [0, 0.1) is 11.3 Å². The molecule has 0 saturated carbocycles. The zero-order valence-electron chi connectivity index (χ0n) is 11.6. The molecule has 0 amide bonds. The second-order valence-electron chi connectivity index (χ2n) is 4.67. The molecule has 0 aromatic heterocycles. The highest BCUT2D eigenvalue weighted by atomic mass is 35.5. The molecule has 2 aromatic rings. The zero-order valence-corrected chi connectivity index (χ0v) is 13.2. The van der Waals surface area contributed by atoms with Crippen molar-refractivity contribution in [3.05, 3.63) is 58.6 Å². The van der Waals surface area contributed by atoms with Crippen molar-refractivity contribution in [3.63, 3.8) is 0 Å². The summed E-state index contributed by atoms with van der Waals surface area (Å²) >= 11 is 5.91. The summed E-state index contributed by atoms with van der Waals surface area (Å²) in [5.74, 6) is 0. The van der Waals surface area contributed by atoms with Crippen LogP contribution in [0.15, 0.2) is 47.4 Å². The van der Waals surface area contributed by atoms with E-state index in [1.165, 1.54) is 12.1 Å². The fraction of sp³-hybridized carbons (Fsp3) is 0.133. The average molecular weight is 336 g/mol. The van der Waals surface area contributed by atoms with Crippen molar-refractivity contribution in [2.24, 2.45) is 5.14 Å². The Bertz CT molecular complexity index is 812. The third kappa shape index (κ3) is 4.21. The van der Waals surface area contributed by atoms with E-state index in [-0.39, 0.29) is 4.90 Å². The predicted octanol–water partition coefficient (Wildman–Crippen LogP) is 2.51. The van der Waals surface area contributed by atoms with Crippen molar-refractivity contribution in [2.75, 3.05) is 11.9 Å². The first-order valence-corrected chi connectivity index (χ1v) is 8.38. The minimum atomic E-state index is -3.66. The van der Waals surface area contributed by atoms with E-state index < -0.39 is 10.0 Å². The van der Waals surface area contributed by atoms with Crippen molar-refractivity contribution in [3.8, 4) is 6.07 Å². The minimum absolute atomic E-state index is 0.0887. The molecule has 0 unspecified atom stereocenters. The lowest BCUT2D eigenvalue weighted by molar-refractivity contribution is 0.598. The Morgan fingerprint density at radius 3 is 2.45 bits per heavy atom. The Balaban J connectivity index is 2.00. The lowest BCUT2D eigenvalue weighted by Gasteiger charge is -2.09. The van der Waals surface area contributed by atoms with Crippen molar-refractivity contribution in [2.45, 2.75) is 11.3 Å². The smallest absolute Gasteiger partial charge is 0.238 e. The molecule has 2 aromatic carbocycles. The number of hydrogen-bond acceptors (Lipinski definition) is 4. The number of hydrogen-bond donors (Lipinski definition) is 2. The summed E-state index contributed by atoms with van der Waals surface area (Å²) in [6.07, 6.45) is 0.669. The third-order valence-electron chi connectivity index (χ3n) is 3.08. The lowest BCUT2D eigenvalue weighted by atomic mass is 10.1. The van der Waals surface area contributed by atoms with E-state index >= 15 is 0 Å². The van der Waals surface area contributed by atoms with Crippen LogP contribution in [0.2, 0.25) is 5.02 Å². The molecule has 0 bridgehead atoms. The summed E-state index contributed by atoms with van der Waals surface area (Å²) in [5, 5.41) is 17.8. The second kappa shape index (κ2) is 6.79. The van der Waals surface area contributed by atoms with Crippen molar-refractivity contribution in [1.29, 1.82) is 5.26 Å². The van der Waals surface area contributed by atoms with Crippen LogP contribution in [-0.2, 0) is 16.4 Å². The first kappa shape index (κ1) is 16.3. The number of anilines is 1. The normalized spacial score (nSPS) is 11.0. The zero-order chi connectivity index (χ0) is 16.2. The van der Waals surface area contributed by atoms with Gasteiger partial charge >= 0.3 is 0 Å². The Labute approximate surface area is 134 Å². The molecular weight excluding hydrogens is 322 g/mol. The van der Waals surface area contributed by atoms with Gasteiger partial charge in [0, 0.05) is 11.6 Å². The topological polar surface area (TPSA) is 96.0 Å². The van der Waals surface area contributed by atoms with Crippen LogP contribution < -0.4 is 10.5 Å². The largest absolute Gasteiger partial charge is 0.384 e. The first-order valence-electron chi connectivity index (χ1n) is 6.45. The Morgan fingerprint density at radius 2 is 1.86 bits per heavy atom. The molecule has 0 saturated heterocycles. The molecule has 5 nitrogen and oxygen atoms in total. The molecule has 22 heavy (non-hydrogen) atoms. The minimum Gasteiger partial charge on any atom is -0.384 e. The highest BCUT2D eigenvalue weighted by molar-refractivity contribution is 7.89. The van der Waals surface area contributed by atoms with E-state index in [0.29, 0.717) is 29.2 Å². The predicted molar refractivity (Wildman–Crippen MR) is 86.2 cm³/mol. The number of nitrogens with zero attached hydrogens (tertiary/aromatic N) is 1. The van der Waals surface area contributed by atoms with Crippen LogP contribution in [0.3, 0.4) is 0 Å². The molecule has 3 N–H and O–H groups in total. The Kier molecular flexibility index (Phi) is 5.03. The summed E-state index contributed by atoms with van der Waals surface area (Å²) in [7, 11) is -3.66. The molecule has 0 aliphatic carbocycles. The molecular formula is C15H14ClN3O2S. The van der Waals surface area contributed by atoms with Gasteiger partial charge in [-0.05, 0) is 42.3 Å². The van der Waals surface area contributed by atoms with Gasteiger partial charge in [-0.25, -0.2) is 13.6 Å². The van der Waals surface area contributed by atoms with Crippen LogP contribution in [-0.4, -0.2) is 15.0 Å². The van der Waals surface area contributed by atoms with Gasteiger partial charge in [0.15, 0.2) is 0 Å². The molecule has 0 radical (unpaired) electrons. The summed E-state index contributed by atoms with van der Waals surface area (Å²) < 4.78 is 22.3. The van der Waals surface area contributed by atoms with Crippen LogP contribution in [0.25, 0.3) is 0 Å². The summed E-state index contributed by atoms with van der Waals surface area (Å²) in [4.78, 5) is 0.0887. The maximum absolute atomic E-state index is 11.2. The maximum Gasteiger partial charge on any atom is 0.238 e. The van der Waals surface area contributed by atoms with Crippen LogP contribution in [0.5, 0.6) is 0 Å². The number of rotatable bonds is 5. The number of nitrogens with two attached hydrogens (primary N) is 1. The van der Waals surface area contributed by atoms with Gasteiger partial charge in [-0.15, -0.1) is 0 Å². The van der Waals surface area contributed by atoms with E-state index in [4.69, 9.17) is 22.0 Å². The highest BCUT2D eigenvalue weighted by Gasteiger charge is 2.07. The first-order chi connectivity index (χ1) is 10.4. The average Bonchev–Trinajstić information content (AvgIpc) is 2.47. The van der Waals surface area contributed by atoms with E-state index in [9.17, 15) is 8.42 Å². The quantitative estimate of drug-likeness (QED) is 0.877. The molecule has 0 fully saturated rings. The van der Waals surface area contributed by atoms with E-state index in [0.717, 1.165) is 5.56 Å². The van der Waals surface area contributed by atoms with Crippen molar-refractivity contribution in [1.82, 2.24) is 0 Å². The Hall–Kier alpha value is -2.07. The fourth-order valence-electron chi connectivity index (χ4n) is 1.95. The van der Waals surface area contributed by atoms with Gasteiger partial charge in [-0.2, -0.15) is 5.26 Å². The summed E-state index contributed by atoms with van der Waals surface area (Å²) in [5.41, 5.74) is 2.16. The number of halogens is 1. The third-order valence-corrected chi connectivity index (χ3v) is 4.25. The van der Waals surface area contributed by atoms with E-state index in [1.54, 1.807) is 30.3 Å². The van der Waals surface area contributed by atoms with E-state index in [2.05, 4.69) is 11.4 Å². The second-order valence-corrected chi connectivity index (χ2v) is 6.67. The van der Waals surface area contributed by atoms with Crippen LogP contribution in [0.1, 0.15) is 11.1 Å². The van der Waals surface area contributed by atoms with Gasteiger partial charge in [0.1, 0.15) is 6.07 Å². The molecule has 114 valence electrons. The number of sulfonamides is 1. The monoisotopic (exact) mass is 335 g/mol. The molecule has 7 heteroatoms. The number of nitriles is 1. The molecule has 0 aliphatic heterocycles. The van der Waals surface area contributed by atoms with Crippen LogP contribution >= 0.6 is 11.6 Å². The molecule has 0 atom stereocenters. The number of benzene rings is 2. The fourth-order valence-corrected chi connectivity index (χ4v) is 2.64. The van der Waals surface area contributed by atoms with Gasteiger partial charge in [-0.1, -0.05) is 23.7 Å². The van der Waals surface area contributed by atoms with Gasteiger partial charge in [0.2, 0.25) is 10.0 Å². The Morgan fingerprint density at radius 1 is 1.18 bits per heavy atom. The lowest BCUT2D eigenvalue weighted by Crippen LogP contribution is -2.12. The standard InChI is InChI=1S/C15H14ClN3O2S/c16-13-4-3-12(10-17)15(9-13)19-8-7-11-1-5-14(6-2-11)22(18,20)21/h1-6,9,19H,7-8H2,(H2,18,20,21). The summed E-state index contributed by atoms with van der Waals surface area (Å²) in [6.45, 7) is 0.587. The molecule has 0 aliphatic rings. The van der Waals surface area contributed by atoms with Crippen molar-refractivity contribution < 1.29 is 8.42 Å². The number of primary sulfonamides is 1. The van der Waals surface area contributed by atoms with Gasteiger partial charge < -0.3 is 5.32 Å². The molecule has 2 rings (SSSR count). The van der Waals surface area contributed by atoms with Gasteiger partial charge in [0.05, 0.1) is 16.1 Å².